The maximum Gasteiger partial charge on any atom is 0.0232 e. The molecule has 0 atom stereocenters. The number of rotatable bonds is 5. The zero-order chi connectivity index (χ0) is 10.3. The van der Waals surface area contributed by atoms with Gasteiger partial charge in [-0.25, -0.2) is 0 Å². The van der Waals surface area contributed by atoms with Crippen molar-refractivity contribution in [1.29, 1.82) is 0 Å². The summed E-state index contributed by atoms with van der Waals surface area (Å²) in [6, 6.07) is 0.630. The van der Waals surface area contributed by atoms with E-state index in [1.807, 2.05) is 0 Å². The van der Waals surface area contributed by atoms with Gasteiger partial charge in [0.1, 0.15) is 0 Å². The minimum atomic E-state index is 0.630. The lowest BCUT2D eigenvalue weighted by molar-refractivity contribution is 0.255. The van der Waals surface area contributed by atoms with Crippen molar-refractivity contribution >= 4 is 0 Å². The van der Waals surface area contributed by atoms with Gasteiger partial charge in [-0.1, -0.05) is 25.2 Å². The van der Waals surface area contributed by atoms with E-state index in [0.29, 0.717) is 6.04 Å². The molecule has 1 heteroatoms. The molecule has 0 aliphatic heterocycles. The van der Waals surface area contributed by atoms with Gasteiger partial charge in [0.15, 0.2) is 0 Å². The van der Waals surface area contributed by atoms with Gasteiger partial charge in [0.25, 0.3) is 0 Å². The summed E-state index contributed by atoms with van der Waals surface area (Å²) in [5.74, 6) is 0. The number of hydrogen-bond acceptors (Lipinski definition) is 1. The van der Waals surface area contributed by atoms with Gasteiger partial charge in [0, 0.05) is 12.6 Å². The Bertz CT molecular complexity index is 178. The molecule has 0 aromatic rings. The van der Waals surface area contributed by atoms with Crippen LogP contribution < -0.4 is 0 Å². The molecule has 0 saturated heterocycles. The van der Waals surface area contributed by atoms with Gasteiger partial charge < -0.3 is 0 Å². The van der Waals surface area contributed by atoms with Crippen LogP contribution in [0.2, 0.25) is 0 Å². The fourth-order valence-electron chi connectivity index (χ4n) is 1.35. The molecule has 0 unspecified atom stereocenters. The first-order valence-corrected chi connectivity index (χ1v) is 5.17. The zero-order valence-corrected chi connectivity index (χ0v) is 9.67. The van der Waals surface area contributed by atoms with Crippen molar-refractivity contribution in [2.24, 2.45) is 0 Å². The molecule has 0 aliphatic carbocycles. The van der Waals surface area contributed by atoms with Crippen molar-refractivity contribution in [3.05, 3.63) is 23.8 Å². The van der Waals surface area contributed by atoms with Gasteiger partial charge >= 0.3 is 0 Å². The zero-order valence-electron chi connectivity index (χ0n) is 9.67. The first-order chi connectivity index (χ1) is 6.15. The van der Waals surface area contributed by atoms with Gasteiger partial charge in [0.05, 0.1) is 0 Å². The maximum absolute atomic E-state index is 2.45. The van der Waals surface area contributed by atoms with Crippen LogP contribution in [0.5, 0.6) is 0 Å². The molecule has 0 bridgehead atoms. The average molecular weight is 181 g/mol. The van der Waals surface area contributed by atoms with Gasteiger partial charge in [-0.2, -0.15) is 0 Å². The Balaban J connectivity index is 4.20. The van der Waals surface area contributed by atoms with Crippen LogP contribution in [0.4, 0.5) is 0 Å². The van der Waals surface area contributed by atoms with E-state index in [1.165, 1.54) is 5.57 Å². The van der Waals surface area contributed by atoms with Crippen molar-refractivity contribution in [1.82, 2.24) is 4.90 Å². The summed E-state index contributed by atoms with van der Waals surface area (Å²) in [6.07, 6.45) is 6.47. The molecule has 1 nitrogen and oxygen atoms in total. The second kappa shape index (κ2) is 6.90. The SMILES string of the molecule is C/C=C\C(=C/C)CN(CC)C(C)C. The number of nitrogens with zero attached hydrogens (tertiary/aromatic N) is 1. The Morgan fingerprint density at radius 3 is 2.23 bits per heavy atom. The van der Waals surface area contributed by atoms with Gasteiger partial charge in [-0.05, 0) is 39.8 Å². The molecule has 0 radical (unpaired) electrons. The fourth-order valence-corrected chi connectivity index (χ4v) is 1.35. The highest BCUT2D eigenvalue weighted by Crippen LogP contribution is 2.05. The minimum absolute atomic E-state index is 0.630. The topological polar surface area (TPSA) is 3.24 Å². The van der Waals surface area contributed by atoms with Crippen LogP contribution in [0.25, 0.3) is 0 Å². The Morgan fingerprint density at radius 1 is 1.31 bits per heavy atom. The van der Waals surface area contributed by atoms with E-state index in [4.69, 9.17) is 0 Å². The molecule has 0 fully saturated rings. The summed E-state index contributed by atoms with van der Waals surface area (Å²) < 4.78 is 0. The van der Waals surface area contributed by atoms with E-state index in [9.17, 15) is 0 Å². The van der Waals surface area contributed by atoms with Gasteiger partial charge in [-0.15, -0.1) is 0 Å². The van der Waals surface area contributed by atoms with Crippen LogP contribution in [0, 0.1) is 0 Å². The highest BCUT2D eigenvalue weighted by atomic mass is 15.1. The summed E-state index contributed by atoms with van der Waals surface area (Å²) in [5, 5.41) is 0. The summed E-state index contributed by atoms with van der Waals surface area (Å²) in [6.45, 7) is 13.0. The summed E-state index contributed by atoms with van der Waals surface area (Å²) in [7, 11) is 0. The molecule has 0 aliphatic rings. The molecule has 0 aromatic carbocycles. The second-order valence-electron chi connectivity index (χ2n) is 3.52. The number of likely N-dealkylation sites (N-methyl/N-ethyl adjacent to an activating group) is 1. The molecule has 0 rings (SSSR count). The second-order valence-corrected chi connectivity index (χ2v) is 3.52. The van der Waals surface area contributed by atoms with Gasteiger partial charge in [-0.3, -0.25) is 4.90 Å². The normalized spacial score (nSPS) is 13.6. The van der Waals surface area contributed by atoms with E-state index in [2.05, 4.69) is 57.7 Å². The molecule has 0 spiro atoms. The van der Waals surface area contributed by atoms with Crippen LogP contribution in [-0.4, -0.2) is 24.0 Å². The Hall–Kier alpha value is -0.560. The Kier molecular flexibility index (Phi) is 6.61. The monoisotopic (exact) mass is 181 g/mol. The lowest BCUT2D eigenvalue weighted by atomic mass is 10.2. The lowest BCUT2D eigenvalue weighted by Gasteiger charge is -2.25. The van der Waals surface area contributed by atoms with Crippen molar-refractivity contribution in [3.63, 3.8) is 0 Å². The first-order valence-electron chi connectivity index (χ1n) is 5.17. The number of allylic oxidation sites excluding steroid dienone is 2. The summed E-state index contributed by atoms with van der Waals surface area (Å²) in [4.78, 5) is 2.45. The smallest absolute Gasteiger partial charge is 0.0232 e. The molecule has 13 heavy (non-hydrogen) atoms. The highest BCUT2D eigenvalue weighted by molar-refractivity contribution is 5.19. The molecule has 0 aromatic heterocycles. The lowest BCUT2D eigenvalue weighted by Crippen LogP contribution is -2.32. The van der Waals surface area contributed by atoms with E-state index in [-0.39, 0.29) is 0 Å². The average Bonchev–Trinajstić information content (AvgIpc) is 2.11. The highest BCUT2D eigenvalue weighted by Gasteiger charge is 2.06. The van der Waals surface area contributed by atoms with Crippen molar-refractivity contribution in [2.75, 3.05) is 13.1 Å². The van der Waals surface area contributed by atoms with E-state index >= 15 is 0 Å². The van der Waals surface area contributed by atoms with Crippen LogP contribution in [0.1, 0.15) is 34.6 Å². The summed E-state index contributed by atoms with van der Waals surface area (Å²) >= 11 is 0. The van der Waals surface area contributed by atoms with Crippen LogP contribution in [0.15, 0.2) is 23.8 Å². The van der Waals surface area contributed by atoms with Crippen molar-refractivity contribution < 1.29 is 0 Å². The quantitative estimate of drug-likeness (QED) is 0.589. The molecule has 76 valence electrons. The molecule has 0 N–H and O–H groups in total. The third-order valence-corrected chi connectivity index (χ3v) is 2.27. The fraction of sp³-hybridized carbons (Fsp3) is 0.667. The largest absolute Gasteiger partial charge is 0.297 e. The third-order valence-electron chi connectivity index (χ3n) is 2.27. The molecular weight excluding hydrogens is 158 g/mol. The van der Waals surface area contributed by atoms with E-state index in [0.717, 1.165) is 13.1 Å². The van der Waals surface area contributed by atoms with Crippen molar-refractivity contribution in [2.45, 2.75) is 40.7 Å². The molecule has 0 heterocycles. The standard InChI is InChI=1S/C12H23N/c1-6-9-12(7-2)10-13(8-3)11(4)5/h6-7,9,11H,8,10H2,1-5H3/b9-6-,12-7+. The van der Waals surface area contributed by atoms with E-state index in [1.54, 1.807) is 0 Å². The third kappa shape index (κ3) is 4.89. The number of hydrogen-bond donors (Lipinski definition) is 0. The predicted octanol–water partition coefficient (Wildman–Crippen LogP) is 3.24. The predicted molar refractivity (Wildman–Crippen MR) is 61.0 cm³/mol. The molecular formula is C12H23N. The first kappa shape index (κ1) is 12.4. The van der Waals surface area contributed by atoms with Crippen LogP contribution in [0.3, 0.4) is 0 Å². The van der Waals surface area contributed by atoms with Crippen LogP contribution in [-0.2, 0) is 0 Å². The van der Waals surface area contributed by atoms with E-state index < -0.39 is 0 Å². The van der Waals surface area contributed by atoms with Crippen LogP contribution >= 0.6 is 0 Å². The summed E-state index contributed by atoms with van der Waals surface area (Å²) in [5.41, 5.74) is 1.40. The molecule has 0 saturated carbocycles. The molecule has 0 amide bonds. The maximum atomic E-state index is 2.45. The van der Waals surface area contributed by atoms with Crippen molar-refractivity contribution in [3.8, 4) is 0 Å². The minimum Gasteiger partial charge on any atom is -0.297 e. The van der Waals surface area contributed by atoms with Gasteiger partial charge in [0.2, 0.25) is 0 Å². The Labute approximate surface area is 83.1 Å². The Morgan fingerprint density at radius 2 is 1.92 bits per heavy atom.